The lowest BCUT2D eigenvalue weighted by atomic mass is 9.94. The number of pyridine rings is 1. The minimum absolute atomic E-state index is 0.128. The average molecular weight is 260 g/mol. The third-order valence-corrected chi connectivity index (χ3v) is 4.33. The van der Waals surface area contributed by atoms with Gasteiger partial charge in [0.25, 0.3) is 5.91 Å². The summed E-state index contributed by atoms with van der Waals surface area (Å²) in [5.74, 6) is -0.587. The lowest BCUT2D eigenvalue weighted by Gasteiger charge is -2.24. The van der Waals surface area contributed by atoms with Gasteiger partial charge in [-0.15, -0.1) is 0 Å². The predicted molar refractivity (Wildman–Crippen MR) is 67.5 cm³/mol. The van der Waals surface area contributed by atoms with E-state index in [-0.39, 0.29) is 11.8 Å². The Balaban J connectivity index is 1.88. The van der Waals surface area contributed by atoms with Crippen LogP contribution in [0.4, 0.5) is 0 Å². The fraction of sp³-hybridized carbons (Fsp3) is 0.500. The third kappa shape index (κ3) is 1.99. The van der Waals surface area contributed by atoms with E-state index in [1.165, 1.54) is 4.90 Å². The Morgan fingerprint density at radius 2 is 2.00 bits per heavy atom. The molecule has 100 valence electrons. The van der Waals surface area contributed by atoms with Crippen molar-refractivity contribution in [3.63, 3.8) is 0 Å². The van der Waals surface area contributed by atoms with Gasteiger partial charge in [0.05, 0.1) is 0 Å². The van der Waals surface area contributed by atoms with Crippen LogP contribution in [0.5, 0.6) is 0 Å². The van der Waals surface area contributed by atoms with Gasteiger partial charge in [0, 0.05) is 24.5 Å². The summed E-state index contributed by atoms with van der Waals surface area (Å²) in [5.41, 5.74) is 0.515. The summed E-state index contributed by atoms with van der Waals surface area (Å²) in [4.78, 5) is 29.3. The molecule has 3 atom stereocenters. The SMILES string of the molecule is O=C(O)[C@@H]1[C@@H]2CCC[C@@H]2CN1C(=O)c1ccncc1. The number of nitrogens with zero attached hydrogens (tertiary/aromatic N) is 2. The lowest BCUT2D eigenvalue weighted by Crippen LogP contribution is -2.43. The van der Waals surface area contributed by atoms with Gasteiger partial charge in [0.1, 0.15) is 6.04 Å². The molecular weight excluding hydrogens is 244 g/mol. The van der Waals surface area contributed by atoms with Gasteiger partial charge in [-0.2, -0.15) is 0 Å². The summed E-state index contributed by atoms with van der Waals surface area (Å²) in [5, 5.41) is 9.42. The number of carboxylic acid groups (broad SMARTS) is 1. The largest absolute Gasteiger partial charge is 0.480 e. The number of carbonyl (C=O) groups is 2. The topological polar surface area (TPSA) is 70.5 Å². The maximum atomic E-state index is 12.4. The van der Waals surface area contributed by atoms with E-state index in [2.05, 4.69) is 4.98 Å². The Morgan fingerprint density at radius 1 is 1.26 bits per heavy atom. The molecule has 3 rings (SSSR count). The monoisotopic (exact) mass is 260 g/mol. The van der Waals surface area contributed by atoms with Gasteiger partial charge in [0.15, 0.2) is 0 Å². The van der Waals surface area contributed by atoms with E-state index in [9.17, 15) is 14.7 Å². The summed E-state index contributed by atoms with van der Waals surface area (Å²) in [7, 11) is 0. The first-order chi connectivity index (χ1) is 9.18. The molecule has 5 nitrogen and oxygen atoms in total. The van der Waals surface area contributed by atoms with Crippen LogP contribution in [-0.2, 0) is 4.79 Å². The van der Waals surface area contributed by atoms with Crippen LogP contribution in [0.3, 0.4) is 0 Å². The van der Waals surface area contributed by atoms with Gasteiger partial charge < -0.3 is 10.0 Å². The van der Waals surface area contributed by atoms with Crippen molar-refractivity contribution in [3.8, 4) is 0 Å². The third-order valence-electron chi connectivity index (χ3n) is 4.33. The van der Waals surface area contributed by atoms with Crippen molar-refractivity contribution in [1.29, 1.82) is 0 Å². The zero-order chi connectivity index (χ0) is 13.4. The zero-order valence-corrected chi connectivity index (χ0v) is 10.5. The Morgan fingerprint density at radius 3 is 2.68 bits per heavy atom. The van der Waals surface area contributed by atoms with Crippen LogP contribution < -0.4 is 0 Å². The van der Waals surface area contributed by atoms with Crippen LogP contribution in [0.15, 0.2) is 24.5 Å². The minimum atomic E-state index is -0.878. The number of rotatable bonds is 2. The molecule has 0 aromatic carbocycles. The molecule has 2 heterocycles. The Labute approximate surface area is 111 Å². The fourth-order valence-electron chi connectivity index (χ4n) is 3.49. The molecule has 1 aromatic rings. The number of likely N-dealkylation sites (tertiary alicyclic amines) is 1. The summed E-state index contributed by atoms with van der Waals surface area (Å²) >= 11 is 0. The second-order valence-electron chi connectivity index (χ2n) is 5.33. The van der Waals surface area contributed by atoms with Gasteiger partial charge in [-0.3, -0.25) is 9.78 Å². The van der Waals surface area contributed by atoms with Crippen LogP contribution in [-0.4, -0.2) is 39.5 Å². The van der Waals surface area contributed by atoms with Crippen LogP contribution >= 0.6 is 0 Å². The van der Waals surface area contributed by atoms with E-state index < -0.39 is 12.0 Å². The van der Waals surface area contributed by atoms with E-state index in [1.807, 2.05) is 0 Å². The standard InChI is InChI=1S/C14H16N2O3/c17-13(9-4-6-15-7-5-9)16-8-10-2-1-3-11(10)12(16)14(18)19/h4-7,10-12H,1-3,8H2,(H,18,19)/t10-,11-,12+/m1/s1. The van der Waals surface area contributed by atoms with Gasteiger partial charge in [-0.1, -0.05) is 6.42 Å². The number of amides is 1. The van der Waals surface area contributed by atoms with Gasteiger partial charge >= 0.3 is 5.97 Å². The van der Waals surface area contributed by atoms with Crippen molar-refractivity contribution in [1.82, 2.24) is 9.88 Å². The number of fused-ring (bicyclic) bond motifs is 1. The van der Waals surface area contributed by atoms with Crippen molar-refractivity contribution >= 4 is 11.9 Å². The molecule has 1 aliphatic carbocycles. The van der Waals surface area contributed by atoms with Crippen LogP contribution in [0.2, 0.25) is 0 Å². The Hall–Kier alpha value is -1.91. The molecule has 5 heteroatoms. The van der Waals surface area contributed by atoms with Gasteiger partial charge in [0.2, 0.25) is 0 Å². The van der Waals surface area contributed by atoms with Crippen molar-refractivity contribution in [2.24, 2.45) is 11.8 Å². The summed E-state index contributed by atoms with van der Waals surface area (Å²) < 4.78 is 0. The Kier molecular flexibility index (Phi) is 2.97. The number of aromatic nitrogens is 1. The lowest BCUT2D eigenvalue weighted by molar-refractivity contribution is -0.142. The molecule has 2 aliphatic rings. The molecule has 1 saturated heterocycles. The molecule has 0 radical (unpaired) electrons. The van der Waals surface area contributed by atoms with Gasteiger partial charge in [-0.25, -0.2) is 4.79 Å². The molecule has 0 unspecified atom stereocenters. The smallest absolute Gasteiger partial charge is 0.326 e. The molecule has 0 bridgehead atoms. The van der Waals surface area contributed by atoms with Crippen molar-refractivity contribution in [2.75, 3.05) is 6.54 Å². The molecule has 2 fully saturated rings. The molecule has 1 saturated carbocycles. The predicted octanol–water partition coefficient (Wildman–Crippen LogP) is 1.41. The molecule has 1 amide bonds. The van der Waals surface area contributed by atoms with E-state index >= 15 is 0 Å². The van der Waals surface area contributed by atoms with E-state index in [0.717, 1.165) is 19.3 Å². The number of hydrogen-bond donors (Lipinski definition) is 1. The first-order valence-corrected chi connectivity index (χ1v) is 6.62. The highest BCUT2D eigenvalue weighted by atomic mass is 16.4. The van der Waals surface area contributed by atoms with Crippen LogP contribution in [0.25, 0.3) is 0 Å². The first-order valence-electron chi connectivity index (χ1n) is 6.62. The van der Waals surface area contributed by atoms with Crippen LogP contribution in [0, 0.1) is 11.8 Å². The van der Waals surface area contributed by atoms with E-state index in [4.69, 9.17) is 0 Å². The average Bonchev–Trinajstić information content (AvgIpc) is 2.98. The zero-order valence-electron chi connectivity index (χ0n) is 10.5. The highest BCUT2D eigenvalue weighted by Crippen LogP contribution is 2.42. The number of carboxylic acids is 1. The maximum Gasteiger partial charge on any atom is 0.326 e. The quantitative estimate of drug-likeness (QED) is 0.872. The first kappa shape index (κ1) is 12.1. The van der Waals surface area contributed by atoms with Crippen molar-refractivity contribution in [2.45, 2.75) is 25.3 Å². The Bertz CT molecular complexity index is 503. The molecular formula is C14H16N2O3. The highest BCUT2D eigenvalue weighted by Gasteiger charge is 2.49. The molecule has 1 aliphatic heterocycles. The summed E-state index contributed by atoms with van der Waals surface area (Å²) in [6, 6.07) is 2.61. The second-order valence-corrected chi connectivity index (χ2v) is 5.33. The summed E-state index contributed by atoms with van der Waals surface area (Å²) in [6.45, 7) is 0.572. The minimum Gasteiger partial charge on any atom is -0.480 e. The van der Waals surface area contributed by atoms with E-state index in [1.54, 1.807) is 24.5 Å². The maximum absolute atomic E-state index is 12.4. The molecule has 0 spiro atoms. The van der Waals surface area contributed by atoms with Crippen LogP contribution in [0.1, 0.15) is 29.6 Å². The van der Waals surface area contributed by atoms with Gasteiger partial charge in [-0.05, 0) is 36.8 Å². The van der Waals surface area contributed by atoms with Crippen molar-refractivity contribution in [3.05, 3.63) is 30.1 Å². The second kappa shape index (κ2) is 4.64. The molecule has 1 aromatic heterocycles. The normalized spacial score (nSPS) is 29.3. The highest BCUT2D eigenvalue weighted by molar-refractivity contribution is 5.97. The fourth-order valence-corrected chi connectivity index (χ4v) is 3.49. The molecule has 19 heavy (non-hydrogen) atoms. The van der Waals surface area contributed by atoms with E-state index in [0.29, 0.717) is 18.0 Å². The number of carbonyl (C=O) groups excluding carboxylic acids is 1. The van der Waals surface area contributed by atoms with Crippen molar-refractivity contribution < 1.29 is 14.7 Å². The summed E-state index contributed by atoms with van der Waals surface area (Å²) in [6.07, 6.45) is 6.15. The number of aliphatic carboxylic acids is 1. The number of hydrogen-bond acceptors (Lipinski definition) is 3. The molecule has 1 N–H and O–H groups in total.